The van der Waals surface area contributed by atoms with Gasteiger partial charge in [0.1, 0.15) is 11.6 Å². The average Bonchev–Trinajstić information content (AvgIpc) is 2.79. The van der Waals surface area contributed by atoms with Gasteiger partial charge in [-0.1, -0.05) is 6.92 Å². The summed E-state index contributed by atoms with van der Waals surface area (Å²) in [5, 5.41) is 2.82. The van der Waals surface area contributed by atoms with Crippen molar-refractivity contribution in [3.8, 4) is 0 Å². The number of nitrogens with one attached hydrogen (secondary N) is 1. The zero-order chi connectivity index (χ0) is 25.4. The largest absolute Gasteiger partial charge is 0.399 e. The fraction of sp³-hybridized carbons (Fsp3) is 0.520. The molecule has 0 unspecified atom stereocenters. The third-order valence-electron chi connectivity index (χ3n) is 7.06. The molecule has 10 heteroatoms. The molecular formula is C25H31F4N5O. The highest BCUT2D eigenvalue weighted by molar-refractivity contribution is 6.08. The molecule has 0 radical (unpaired) electrons. The summed E-state index contributed by atoms with van der Waals surface area (Å²) in [6.07, 6.45) is -2.27. The molecule has 3 heterocycles. The lowest BCUT2D eigenvalue weighted by Gasteiger charge is -2.40. The number of rotatable bonds is 5. The first-order valence-electron chi connectivity index (χ1n) is 11.8. The van der Waals surface area contributed by atoms with Gasteiger partial charge in [0.15, 0.2) is 0 Å². The summed E-state index contributed by atoms with van der Waals surface area (Å²) >= 11 is 0. The fourth-order valence-electron chi connectivity index (χ4n) is 4.60. The van der Waals surface area contributed by atoms with Gasteiger partial charge in [-0.15, -0.1) is 0 Å². The first-order chi connectivity index (χ1) is 16.5. The molecule has 2 aliphatic rings. The number of carbonyl (C=O) groups excluding carboxylic acids is 1. The lowest BCUT2D eigenvalue weighted by Crippen LogP contribution is -2.42. The van der Waals surface area contributed by atoms with E-state index in [-0.39, 0.29) is 25.9 Å². The maximum Gasteiger partial charge on any atom is 0.258 e. The molecule has 2 aliphatic heterocycles. The number of nitrogen functional groups attached to an aromatic ring is 1. The number of alkyl halides is 4. The van der Waals surface area contributed by atoms with Crippen LogP contribution in [0.4, 0.5) is 40.6 Å². The zero-order valence-electron chi connectivity index (χ0n) is 20.0. The number of piperidine rings is 2. The van der Waals surface area contributed by atoms with Crippen molar-refractivity contribution in [1.29, 1.82) is 0 Å². The van der Waals surface area contributed by atoms with Crippen molar-refractivity contribution in [2.24, 2.45) is 5.41 Å². The Kier molecular flexibility index (Phi) is 6.83. The number of nitrogens with two attached hydrogens (primary N) is 1. The average molecular weight is 494 g/mol. The number of anilines is 4. The predicted molar refractivity (Wildman–Crippen MR) is 130 cm³/mol. The number of nitrogens with zero attached hydrogens (tertiary/aromatic N) is 3. The molecule has 0 saturated carbocycles. The Hall–Kier alpha value is -3.04. The summed E-state index contributed by atoms with van der Waals surface area (Å²) in [4.78, 5) is 21.5. The van der Waals surface area contributed by atoms with Gasteiger partial charge in [-0.2, -0.15) is 0 Å². The molecule has 4 rings (SSSR count). The number of aromatic nitrogens is 1. The first-order valence-corrected chi connectivity index (χ1v) is 11.8. The molecule has 0 atom stereocenters. The number of halogens is 4. The van der Waals surface area contributed by atoms with Crippen LogP contribution < -0.4 is 20.9 Å². The maximum absolute atomic E-state index is 13.6. The zero-order valence-corrected chi connectivity index (χ0v) is 20.0. The van der Waals surface area contributed by atoms with Gasteiger partial charge >= 0.3 is 0 Å². The predicted octanol–water partition coefficient (Wildman–Crippen LogP) is 5.33. The molecule has 0 aliphatic carbocycles. The Morgan fingerprint density at radius 3 is 2.29 bits per heavy atom. The second-order valence-corrected chi connectivity index (χ2v) is 9.90. The van der Waals surface area contributed by atoms with Crippen molar-refractivity contribution in [2.75, 3.05) is 47.0 Å². The van der Waals surface area contributed by atoms with Gasteiger partial charge in [-0.25, -0.2) is 22.5 Å². The van der Waals surface area contributed by atoms with Gasteiger partial charge in [0.2, 0.25) is 6.43 Å². The molecule has 0 bridgehead atoms. The highest BCUT2D eigenvalue weighted by atomic mass is 19.3. The lowest BCUT2D eigenvalue weighted by molar-refractivity contribution is -0.0221. The van der Waals surface area contributed by atoms with Crippen molar-refractivity contribution in [3.63, 3.8) is 0 Å². The van der Waals surface area contributed by atoms with E-state index in [4.69, 9.17) is 5.73 Å². The lowest BCUT2D eigenvalue weighted by atomic mass is 9.80. The molecule has 1 aromatic carbocycles. The van der Waals surface area contributed by atoms with E-state index < -0.39 is 23.7 Å². The van der Waals surface area contributed by atoms with E-state index in [1.54, 1.807) is 36.1 Å². The second-order valence-electron chi connectivity index (χ2n) is 9.90. The summed E-state index contributed by atoms with van der Waals surface area (Å²) in [6.45, 7) is 4.58. The van der Waals surface area contributed by atoms with Gasteiger partial charge in [0, 0.05) is 50.1 Å². The van der Waals surface area contributed by atoms with Crippen LogP contribution in [0.5, 0.6) is 0 Å². The Morgan fingerprint density at radius 1 is 1.03 bits per heavy atom. The molecule has 35 heavy (non-hydrogen) atoms. The summed E-state index contributed by atoms with van der Waals surface area (Å²) < 4.78 is 54.0. The number of hydrogen-bond donors (Lipinski definition) is 2. The number of carbonyl (C=O) groups is 1. The fourth-order valence-corrected chi connectivity index (χ4v) is 4.60. The standard InChI is InChI=1S/C25H31F4N5O/c1-16-13-20(31-21(14-16)34-11-7-25(28,29)8-12-34)32-22(35)18-4-3-17(30)15-19(18)33-9-5-24(2,6-10-33)23(26)27/h3-4,13-15,23H,5-12,30H2,1-2H3,(H,31,32,35). The van der Waals surface area contributed by atoms with E-state index in [1.165, 1.54) is 0 Å². The number of aryl methyl sites for hydroxylation is 1. The van der Waals surface area contributed by atoms with Crippen LogP contribution in [0.25, 0.3) is 0 Å². The molecule has 2 saturated heterocycles. The third-order valence-corrected chi connectivity index (χ3v) is 7.06. The van der Waals surface area contributed by atoms with Crippen LogP contribution in [0.1, 0.15) is 48.5 Å². The van der Waals surface area contributed by atoms with E-state index in [9.17, 15) is 22.4 Å². The highest BCUT2D eigenvalue weighted by Crippen LogP contribution is 2.39. The first kappa shape index (κ1) is 25.1. The minimum atomic E-state index is -2.66. The van der Waals surface area contributed by atoms with Crippen LogP contribution in [0.15, 0.2) is 30.3 Å². The van der Waals surface area contributed by atoms with Crippen LogP contribution in [-0.4, -0.2) is 49.4 Å². The summed E-state index contributed by atoms with van der Waals surface area (Å²) in [6, 6.07) is 8.44. The van der Waals surface area contributed by atoms with Crippen LogP contribution in [0.2, 0.25) is 0 Å². The van der Waals surface area contributed by atoms with Gasteiger partial charge in [-0.3, -0.25) is 4.79 Å². The number of hydrogen-bond acceptors (Lipinski definition) is 5. The molecule has 6 nitrogen and oxygen atoms in total. The smallest absolute Gasteiger partial charge is 0.258 e. The van der Waals surface area contributed by atoms with Crippen LogP contribution >= 0.6 is 0 Å². The number of amides is 1. The SMILES string of the molecule is Cc1cc(NC(=O)c2ccc(N)cc2N2CCC(C)(C(F)F)CC2)nc(N2CCC(F)(F)CC2)c1. The minimum Gasteiger partial charge on any atom is -0.399 e. The number of pyridine rings is 1. The molecule has 3 N–H and O–H groups in total. The van der Waals surface area contributed by atoms with Crippen molar-refractivity contribution in [1.82, 2.24) is 4.98 Å². The quantitative estimate of drug-likeness (QED) is 0.435. The van der Waals surface area contributed by atoms with Crippen molar-refractivity contribution >= 4 is 28.9 Å². The van der Waals surface area contributed by atoms with E-state index in [0.29, 0.717) is 54.5 Å². The van der Waals surface area contributed by atoms with Crippen molar-refractivity contribution < 1.29 is 22.4 Å². The third kappa shape index (κ3) is 5.62. The summed E-state index contributed by atoms with van der Waals surface area (Å²) in [5.74, 6) is -2.22. The summed E-state index contributed by atoms with van der Waals surface area (Å²) in [7, 11) is 0. The summed E-state index contributed by atoms with van der Waals surface area (Å²) in [5.41, 5.74) is 7.19. The van der Waals surface area contributed by atoms with Crippen molar-refractivity contribution in [3.05, 3.63) is 41.5 Å². The van der Waals surface area contributed by atoms with Crippen LogP contribution in [0, 0.1) is 12.3 Å². The Bertz CT molecular complexity index is 1080. The van der Waals surface area contributed by atoms with Crippen LogP contribution in [-0.2, 0) is 0 Å². The highest BCUT2D eigenvalue weighted by Gasteiger charge is 2.39. The molecule has 190 valence electrons. The molecule has 2 fully saturated rings. The molecule has 0 spiro atoms. The molecular weight excluding hydrogens is 462 g/mol. The van der Waals surface area contributed by atoms with Gasteiger partial charge in [0.25, 0.3) is 11.8 Å². The minimum absolute atomic E-state index is 0.186. The maximum atomic E-state index is 13.6. The van der Waals surface area contributed by atoms with Gasteiger partial charge < -0.3 is 20.9 Å². The molecule has 1 aromatic heterocycles. The monoisotopic (exact) mass is 493 g/mol. The van der Waals surface area contributed by atoms with Crippen LogP contribution in [0.3, 0.4) is 0 Å². The normalized spacial score (nSPS) is 19.6. The van der Waals surface area contributed by atoms with E-state index in [1.807, 2.05) is 17.9 Å². The Balaban J connectivity index is 1.53. The van der Waals surface area contributed by atoms with Crippen molar-refractivity contribution in [2.45, 2.75) is 51.9 Å². The molecule has 2 aromatic rings. The van der Waals surface area contributed by atoms with E-state index in [2.05, 4.69) is 10.3 Å². The molecule has 1 amide bonds. The van der Waals surface area contributed by atoms with E-state index >= 15 is 0 Å². The second kappa shape index (κ2) is 9.54. The Labute approximate surface area is 202 Å². The number of benzene rings is 1. The topological polar surface area (TPSA) is 74.5 Å². The van der Waals surface area contributed by atoms with Gasteiger partial charge in [-0.05, 0) is 55.7 Å². The Morgan fingerprint density at radius 2 is 1.66 bits per heavy atom. The van der Waals surface area contributed by atoms with Gasteiger partial charge in [0.05, 0.1) is 11.3 Å². The van der Waals surface area contributed by atoms with E-state index in [0.717, 1.165) is 5.56 Å².